The first-order chi connectivity index (χ1) is 13.5. The van der Waals surface area contributed by atoms with Gasteiger partial charge < -0.3 is 9.30 Å². The molecular weight excluding hydrogens is 382 g/mol. The lowest BCUT2D eigenvalue weighted by Gasteiger charge is -2.02. The number of esters is 1. The minimum Gasteiger partial charge on any atom is -0.468 e. The van der Waals surface area contributed by atoms with Gasteiger partial charge >= 0.3 is 5.97 Å². The maximum Gasteiger partial charge on any atom is 0.325 e. The third-order valence-corrected chi connectivity index (χ3v) is 4.89. The van der Waals surface area contributed by atoms with Crippen molar-refractivity contribution in [2.45, 2.75) is 6.54 Å². The van der Waals surface area contributed by atoms with Gasteiger partial charge in [-0.05, 0) is 35.9 Å². The number of methoxy groups -OCH3 is 1. The fourth-order valence-corrected chi connectivity index (χ4v) is 3.49. The molecule has 0 aliphatic rings. The highest BCUT2D eigenvalue weighted by Gasteiger charge is 2.10. The SMILES string of the molecule is COC(=O)Cn1c(=NC(=O)C=Cc2ccc([N+](=O)[O-])cc2)sc2ccccc21. The zero-order chi connectivity index (χ0) is 20.1. The normalized spacial score (nSPS) is 11.8. The Morgan fingerprint density at radius 3 is 2.61 bits per heavy atom. The van der Waals surface area contributed by atoms with Gasteiger partial charge in [0.15, 0.2) is 4.80 Å². The second kappa shape index (κ2) is 8.40. The summed E-state index contributed by atoms with van der Waals surface area (Å²) in [5.74, 6) is -0.956. The van der Waals surface area contributed by atoms with E-state index >= 15 is 0 Å². The number of hydrogen-bond acceptors (Lipinski definition) is 6. The standard InChI is InChI=1S/C19H15N3O5S/c1-27-18(24)12-21-15-4-2-3-5-16(15)28-19(21)20-17(23)11-8-13-6-9-14(10-7-13)22(25)26/h2-11H,12H2,1H3. The van der Waals surface area contributed by atoms with Crippen molar-refractivity contribution in [1.29, 1.82) is 0 Å². The van der Waals surface area contributed by atoms with Crippen LogP contribution in [0.5, 0.6) is 0 Å². The first-order valence-electron chi connectivity index (χ1n) is 8.14. The number of nitro benzene ring substituents is 1. The number of carbonyl (C=O) groups excluding carboxylic acids is 2. The second-order valence-electron chi connectivity index (χ2n) is 5.65. The first-order valence-corrected chi connectivity index (χ1v) is 8.96. The van der Waals surface area contributed by atoms with Gasteiger partial charge in [0.05, 0.1) is 22.2 Å². The third-order valence-electron chi connectivity index (χ3n) is 3.83. The minimum atomic E-state index is -0.511. The molecule has 0 atom stereocenters. The number of aromatic nitrogens is 1. The number of fused-ring (bicyclic) bond motifs is 1. The Morgan fingerprint density at radius 1 is 1.21 bits per heavy atom. The number of benzene rings is 2. The average molecular weight is 397 g/mol. The summed E-state index contributed by atoms with van der Waals surface area (Å²) in [6.45, 7) is -0.0569. The lowest BCUT2D eigenvalue weighted by atomic mass is 10.2. The van der Waals surface area contributed by atoms with Crippen LogP contribution in [0.15, 0.2) is 59.6 Å². The molecule has 0 radical (unpaired) electrons. The average Bonchev–Trinajstić information content (AvgIpc) is 3.03. The molecule has 0 aliphatic heterocycles. The van der Waals surface area contributed by atoms with E-state index < -0.39 is 16.8 Å². The van der Waals surface area contributed by atoms with Crippen LogP contribution in [0.1, 0.15) is 5.56 Å². The van der Waals surface area contributed by atoms with E-state index in [1.165, 1.54) is 42.7 Å². The number of non-ortho nitro benzene ring substituents is 1. The summed E-state index contributed by atoms with van der Waals surface area (Å²) in [4.78, 5) is 38.6. The topological polar surface area (TPSA) is 104 Å². The molecule has 0 saturated heterocycles. The molecule has 0 N–H and O–H groups in total. The van der Waals surface area contributed by atoms with E-state index in [2.05, 4.69) is 4.99 Å². The van der Waals surface area contributed by atoms with Crippen LogP contribution in [0.3, 0.4) is 0 Å². The zero-order valence-electron chi connectivity index (χ0n) is 14.8. The molecule has 142 valence electrons. The van der Waals surface area contributed by atoms with Gasteiger partial charge in [-0.1, -0.05) is 23.5 Å². The number of carbonyl (C=O) groups is 2. The van der Waals surface area contributed by atoms with Gasteiger partial charge in [-0.25, -0.2) is 0 Å². The van der Waals surface area contributed by atoms with E-state index in [1.54, 1.807) is 16.7 Å². The molecule has 0 bridgehead atoms. The Bertz CT molecular complexity index is 1140. The maximum atomic E-state index is 12.3. The van der Waals surface area contributed by atoms with Crippen molar-refractivity contribution in [2.75, 3.05) is 7.11 Å². The van der Waals surface area contributed by atoms with Crippen molar-refractivity contribution in [1.82, 2.24) is 4.57 Å². The van der Waals surface area contributed by atoms with Crippen molar-refractivity contribution in [3.05, 3.63) is 75.1 Å². The first kappa shape index (κ1) is 19.2. The molecule has 1 heterocycles. The van der Waals surface area contributed by atoms with Gasteiger partial charge in [-0.15, -0.1) is 0 Å². The van der Waals surface area contributed by atoms with E-state index in [9.17, 15) is 19.7 Å². The predicted octanol–water partition coefficient (Wildman–Crippen LogP) is 2.92. The third kappa shape index (κ3) is 4.38. The minimum absolute atomic E-state index is 0.0257. The molecule has 8 nitrogen and oxygen atoms in total. The second-order valence-corrected chi connectivity index (χ2v) is 6.66. The predicted molar refractivity (Wildman–Crippen MR) is 105 cm³/mol. The molecule has 0 spiro atoms. The molecule has 2 aromatic carbocycles. The highest BCUT2D eigenvalue weighted by molar-refractivity contribution is 7.16. The number of ether oxygens (including phenoxy) is 1. The summed E-state index contributed by atoms with van der Waals surface area (Å²) < 4.78 is 7.24. The Morgan fingerprint density at radius 2 is 1.93 bits per heavy atom. The van der Waals surface area contributed by atoms with Crippen molar-refractivity contribution < 1.29 is 19.2 Å². The van der Waals surface area contributed by atoms with Gasteiger partial charge in [0.25, 0.3) is 11.6 Å². The monoisotopic (exact) mass is 397 g/mol. The maximum absolute atomic E-state index is 12.3. The number of nitro groups is 1. The molecule has 0 unspecified atom stereocenters. The Balaban J connectivity index is 1.90. The summed E-state index contributed by atoms with van der Waals surface area (Å²) in [5, 5.41) is 10.7. The molecule has 0 aliphatic carbocycles. The van der Waals surface area contributed by atoms with E-state index in [4.69, 9.17) is 4.74 Å². The summed E-state index contributed by atoms with van der Waals surface area (Å²) in [6, 6.07) is 13.2. The van der Waals surface area contributed by atoms with Crippen LogP contribution in [0.2, 0.25) is 0 Å². The van der Waals surface area contributed by atoms with Crippen LogP contribution in [0.4, 0.5) is 5.69 Å². The molecule has 1 amide bonds. The van der Waals surface area contributed by atoms with Crippen LogP contribution < -0.4 is 4.80 Å². The van der Waals surface area contributed by atoms with Gasteiger partial charge in [-0.3, -0.25) is 19.7 Å². The van der Waals surface area contributed by atoms with Crippen molar-refractivity contribution >= 4 is 45.2 Å². The van der Waals surface area contributed by atoms with E-state index in [0.717, 1.165) is 10.2 Å². The van der Waals surface area contributed by atoms with Gasteiger partial charge in [0, 0.05) is 18.2 Å². The Hall–Kier alpha value is -3.59. The number of amides is 1. The summed E-state index contributed by atoms with van der Waals surface area (Å²) in [7, 11) is 1.30. The molecule has 0 saturated carbocycles. The summed E-state index contributed by atoms with van der Waals surface area (Å²) in [6.07, 6.45) is 2.79. The number of para-hydroxylation sites is 1. The fourth-order valence-electron chi connectivity index (χ4n) is 2.46. The summed E-state index contributed by atoms with van der Waals surface area (Å²) >= 11 is 1.29. The fraction of sp³-hybridized carbons (Fsp3) is 0.105. The van der Waals surface area contributed by atoms with Gasteiger partial charge in [0.1, 0.15) is 6.54 Å². The molecule has 28 heavy (non-hydrogen) atoms. The number of rotatable bonds is 5. The highest BCUT2D eigenvalue weighted by Crippen LogP contribution is 2.17. The van der Waals surface area contributed by atoms with Crippen LogP contribution in [-0.4, -0.2) is 28.5 Å². The lowest BCUT2D eigenvalue weighted by Crippen LogP contribution is -2.22. The quantitative estimate of drug-likeness (QED) is 0.285. The zero-order valence-corrected chi connectivity index (χ0v) is 15.6. The number of thiazole rings is 1. The van der Waals surface area contributed by atoms with Gasteiger partial charge in [0.2, 0.25) is 0 Å². The van der Waals surface area contributed by atoms with Crippen molar-refractivity contribution in [3.8, 4) is 0 Å². The van der Waals surface area contributed by atoms with Crippen LogP contribution in [-0.2, 0) is 20.9 Å². The van der Waals surface area contributed by atoms with Crippen LogP contribution >= 0.6 is 11.3 Å². The highest BCUT2D eigenvalue weighted by atomic mass is 32.1. The van der Waals surface area contributed by atoms with E-state index in [0.29, 0.717) is 10.4 Å². The molecule has 1 aromatic heterocycles. The molecule has 0 fully saturated rings. The molecule has 3 rings (SSSR count). The Labute approximate surface area is 163 Å². The van der Waals surface area contributed by atoms with Crippen LogP contribution in [0, 0.1) is 10.1 Å². The smallest absolute Gasteiger partial charge is 0.325 e. The number of nitrogens with zero attached hydrogens (tertiary/aromatic N) is 3. The van der Waals surface area contributed by atoms with Crippen molar-refractivity contribution in [3.63, 3.8) is 0 Å². The Kier molecular flexibility index (Phi) is 5.75. The van der Waals surface area contributed by atoms with Crippen LogP contribution in [0.25, 0.3) is 16.3 Å². The largest absolute Gasteiger partial charge is 0.468 e. The molecule has 3 aromatic rings. The lowest BCUT2D eigenvalue weighted by molar-refractivity contribution is -0.384. The van der Waals surface area contributed by atoms with E-state index in [-0.39, 0.29) is 12.2 Å². The molecular formula is C19H15N3O5S. The van der Waals surface area contributed by atoms with E-state index in [1.807, 2.05) is 24.3 Å². The van der Waals surface area contributed by atoms with Gasteiger partial charge in [-0.2, -0.15) is 4.99 Å². The molecule has 9 heteroatoms. The van der Waals surface area contributed by atoms with Crippen molar-refractivity contribution in [2.24, 2.45) is 4.99 Å². The number of hydrogen-bond donors (Lipinski definition) is 0. The summed E-state index contributed by atoms with van der Waals surface area (Å²) in [5.41, 5.74) is 1.39.